The Bertz CT molecular complexity index is 68.5. The highest BCUT2D eigenvalue weighted by molar-refractivity contribution is 7.85. The van der Waals surface area contributed by atoms with Gasteiger partial charge in [0.25, 0.3) is 0 Å². The van der Waals surface area contributed by atoms with Gasteiger partial charge in [-0.3, -0.25) is 4.21 Å². The zero-order valence-electron chi connectivity index (χ0n) is 5.10. The lowest BCUT2D eigenvalue weighted by Gasteiger charge is -1.98. The second-order valence-corrected chi connectivity index (χ2v) is 4.00. The van der Waals surface area contributed by atoms with Crippen LogP contribution >= 0.6 is 0 Å². The summed E-state index contributed by atoms with van der Waals surface area (Å²) in [5.41, 5.74) is 0. The van der Waals surface area contributed by atoms with Crippen molar-refractivity contribution in [1.29, 1.82) is 0 Å². The van der Waals surface area contributed by atoms with E-state index in [9.17, 15) is 4.21 Å². The van der Waals surface area contributed by atoms with Crippen LogP contribution in [0.3, 0.4) is 0 Å². The van der Waals surface area contributed by atoms with Crippen molar-refractivity contribution in [2.75, 3.05) is 5.75 Å². The first-order chi connectivity index (χ1) is 3.18. The van der Waals surface area contributed by atoms with Crippen molar-refractivity contribution in [3.05, 3.63) is 0 Å². The molecule has 0 rings (SSSR count). The van der Waals surface area contributed by atoms with Gasteiger partial charge < -0.3 is 0 Å². The van der Waals surface area contributed by atoms with Gasteiger partial charge in [0.1, 0.15) is 0 Å². The molecule has 1 atom stereocenters. The fraction of sp³-hybridized carbons (Fsp3) is 1.00. The van der Waals surface area contributed by atoms with E-state index in [-0.39, 0.29) is 0 Å². The van der Waals surface area contributed by atoms with Crippen LogP contribution in [0.1, 0.15) is 20.8 Å². The minimum atomic E-state index is -0.579. The summed E-state index contributed by atoms with van der Waals surface area (Å²) in [6, 6.07) is 0. The van der Waals surface area contributed by atoms with E-state index in [1.807, 2.05) is 20.8 Å². The number of hydrogen-bond acceptors (Lipinski definition) is 1. The lowest BCUT2D eigenvalue weighted by molar-refractivity contribution is 0.677. The van der Waals surface area contributed by atoms with Crippen LogP contribution in [-0.4, -0.2) is 15.2 Å². The van der Waals surface area contributed by atoms with Gasteiger partial charge in [0.15, 0.2) is 0 Å². The van der Waals surface area contributed by atoms with Crippen molar-refractivity contribution in [1.82, 2.24) is 0 Å². The third-order valence-corrected chi connectivity index (χ3v) is 2.43. The molecule has 0 spiro atoms. The molecule has 0 saturated carbocycles. The largest absolute Gasteiger partial charge is 0.259 e. The van der Waals surface area contributed by atoms with Crippen molar-refractivity contribution >= 4 is 10.8 Å². The van der Waals surface area contributed by atoms with E-state index in [1.165, 1.54) is 0 Å². The van der Waals surface area contributed by atoms with E-state index < -0.39 is 10.8 Å². The van der Waals surface area contributed by atoms with Gasteiger partial charge >= 0.3 is 0 Å². The van der Waals surface area contributed by atoms with E-state index in [1.54, 1.807) is 0 Å². The van der Waals surface area contributed by atoms with E-state index in [4.69, 9.17) is 0 Å². The van der Waals surface area contributed by atoms with E-state index >= 15 is 0 Å². The molecule has 0 radical (unpaired) electrons. The Labute approximate surface area is 47.6 Å². The van der Waals surface area contributed by atoms with Crippen LogP contribution in [-0.2, 0) is 10.8 Å². The van der Waals surface area contributed by atoms with Crippen LogP contribution < -0.4 is 0 Å². The molecule has 0 fully saturated rings. The summed E-state index contributed by atoms with van der Waals surface area (Å²) in [5.74, 6) is 0.789. The third-order valence-electron chi connectivity index (χ3n) is 0.810. The topological polar surface area (TPSA) is 17.1 Å². The van der Waals surface area contributed by atoms with Crippen molar-refractivity contribution < 1.29 is 4.21 Å². The molecule has 0 aliphatic rings. The minimum absolute atomic E-state index is 0.338. The quantitative estimate of drug-likeness (QED) is 0.534. The summed E-state index contributed by atoms with van der Waals surface area (Å²) in [7, 11) is -0.579. The molecule has 0 N–H and O–H groups in total. The van der Waals surface area contributed by atoms with Gasteiger partial charge in [0.2, 0.25) is 0 Å². The van der Waals surface area contributed by atoms with Crippen LogP contribution in [0.4, 0.5) is 0 Å². The molecule has 0 aliphatic carbocycles. The van der Waals surface area contributed by atoms with Crippen LogP contribution in [0.25, 0.3) is 0 Å². The Morgan fingerprint density at radius 2 is 2.00 bits per heavy atom. The zero-order valence-corrected chi connectivity index (χ0v) is 5.92. The Hall–Kier alpha value is 0.150. The Morgan fingerprint density at radius 3 is 2.00 bits per heavy atom. The van der Waals surface area contributed by atoms with Crippen LogP contribution in [0, 0.1) is 0 Å². The second-order valence-electron chi connectivity index (χ2n) is 1.72. The summed E-state index contributed by atoms with van der Waals surface area (Å²) < 4.78 is 10.6. The highest BCUT2D eigenvalue weighted by Crippen LogP contribution is 1.91. The van der Waals surface area contributed by atoms with E-state index in [0.29, 0.717) is 5.25 Å². The standard InChI is InChI=1S/C5H12OS/c1-4-7(6)5(2)3/h5H,4H2,1-3H3. The smallest absolute Gasteiger partial charge is 0.0291 e. The highest BCUT2D eigenvalue weighted by atomic mass is 32.2. The van der Waals surface area contributed by atoms with Crippen LogP contribution in [0.5, 0.6) is 0 Å². The number of rotatable bonds is 2. The van der Waals surface area contributed by atoms with Gasteiger partial charge in [-0.25, -0.2) is 0 Å². The van der Waals surface area contributed by atoms with Crippen LogP contribution in [0.15, 0.2) is 0 Å². The monoisotopic (exact) mass is 120 g/mol. The third kappa shape index (κ3) is 2.80. The Morgan fingerprint density at radius 1 is 1.57 bits per heavy atom. The molecule has 1 nitrogen and oxygen atoms in total. The molecule has 0 aromatic carbocycles. The molecule has 0 amide bonds. The predicted molar refractivity (Wildman–Crippen MR) is 33.8 cm³/mol. The lowest BCUT2D eigenvalue weighted by atomic mass is 10.6. The SMILES string of the molecule is CCS(=O)C(C)C. The van der Waals surface area contributed by atoms with E-state index in [0.717, 1.165) is 5.75 Å². The summed E-state index contributed by atoms with van der Waals surface area (Å²) >= 11 is 0. The van der Waals surface area contributed by atoms with Crippen molar-refractivity contribution in [2.45, 2.75) is 26.0 Å². The van der Waals surface area contributed by atoms with Gasteiger partial charge in [-0.1, -0.05) is 20.8 Å². The maximum absolute atomic E-state index is 10.6. The predicted octanol–water partition coefficient (Wildman–Crippen LogP) is 1.16. The lowest BCUT2D eigenvalue weighted by Crippen LogP contribution is -2.06. The maximum Gasteiger partial charge on any atom is 0.0291 e. The highest BCUT2D eigenvalue weighted by Gasteiger charge is 1.98. The second kappa shape index (κ2) is 3.19. The minimum Gasteiger partial charge on any atom is -0.259 e. The van der Waals surface area contributed by atoms with Crippen LogP contribution in [0.2, 0.25) is 0 Å². The average molecular weight is 120 g/mol. The molecule has 0 aromatic rings. The maximum atomic E-state index is 10.6. The summed E-state index contributed by atoms with van der Waals surface area (Å²) in [4.78, 5) is 0. The zero-order chi connectivity index (χ0) is 5.86. The number of hydrogen-bond donors (Lipinski definition) is 0. The molecule has 0 heterocycles. The molecule has 0 bridgehead atoms. The average Bonchev–Trinajstić information content (AvgIpc) is 1.65. The molecular weight excluding hydrogens is 108 g/mol. The van der Waals surface area contributed by atoms with Gasteiger partial charge in [-0.05, 0) is 0 Å². The molecular formula is C5H12OS. The van der Waals surface area contributed by atoms with Gasteiger partial charge in [-0.15, -0.1) is 0 Å². The van der Waals surface area contributed by atoms with Crippen molar-refractivity contribution in [2.24, 2.45) is 0 Å². The molecule has 1 unspecified atom stereocenters. The fourth-order valence-electron chi connectivity index (χ4n) is 0.333. The molecule has 0 aliphatic heterocycles. The van der Waals surface area contributed by atoms with Gasteiger partial charge in [0.05, 0.1) is 0 Å². The summed E-state index contributed by atoms with van der Waals surface area (Å²) in [6.07, 6.45) is 0. The summed E-state index contributed by atoms with van der Waals surface area (Å²) in [5, 5.41) is 0.338. The summed E-state index contributed by atoms with van der Waals surface area (Å²) in [6.45, 7) is 5.88. The van der Waals surface area contributed by atoms with Crippen molar-refractivity contribution in [3.63, 3.8) is 0 Å². The van der Waals surface area contributed by atoms with E-state index in [2.05, 4.69) is 0 Å². The fourth-order valence-corrected chi connectivity index (χ4v) is 1.00. The molecule has 2 heteroatoms. The van der Waals surface area contributed by atoms with Gasteiger partial charge in [0, 0.05) is 21.8 Å². The normalized spacial score (nSPS) is 14.9. The first-order valence-electron chi connectivity index (χ1n) is 2.55. The molecule has 44 valence electrons. The van der Waals surface area contributed by atoms with Gasteiger partial charge in [-0.2, -0.15) is 0 Å². The van der Waals surface area contributed by atoms with Crippen molar-refractivity contribution in [3.8, 4) is 0 Å². The first-order valence-corrected chi connectivity index (χ1v) is 3.93. The molecule has 7 heavy (non-hydrogen) atoms. The molecule has 0 aromatic heterocycles. The molecule has 0 saturated heterocycles. The Kier molecular flexibility index (Phi) is 3.26. The Balaban J connectivity index is 3.35. The first kappa shape index (κ1) is 7.15.